The van der Waals surface area contributed by atoms with Gasteiger partial charge in [0.25, 0.3) is 0 Å². The van der Waals surface area contributed by atoms with E-state index in [4.69, 9.17) is 4.99 Å². The van der Waals surface area contributed by atoms with Crippen LogP contribution in [0.15, 0.2) is 22.5 Å². The van der Waals surface area contributed by atoms with E-state index in [2.05, 4.69) is 48.2 Å². The molecule has 1 aliphatic rings. The third-order valence-corrected chi connectivity index (χ3v) is 6.09. The Bertz CT molecular complexity index is 451. The molecule has 0 aromatic carbocycles. The number of guanidine groups is 1. The fraction of sp³-hybridized carbons (Fsp3) is 0.706. The molecule has 1 aromatic rings. The monoisotopic (exact) mass is 467 g/mol. The first-order valence-corrected chi connectivity index (χ1v) is 10.5. The van der Waals surface area contributed by atoms with E-state index in [1.54, 1.807) is 0 Å². The molecule has 1 fully saturated rings. The van der Waals surface area contributed by atoms with Crippen molar-refractivity contribution in [3.63, 3.8) is 0 Å². The van der Waals surface area contributed by atoms with Crippen LogP contribution in [0.5, 0.6) is 0 Å². The van der Waals surface area contributed by atoms with Gasteiger partial charge in [0.2, 0.25) is 0 Å². The van der Waals surface area contributed by atoms with E-state index in [0.29, 0.717) is 12.0 Å². The zero-order chi connectivity index (χ0) is 15.8. The lowest BCUT2D eigenvalue weighted by atomic mass is 10.1. The summed E-state index contributed by atoms with van der Waals surface area (Å²) in [6.07, 6.45) is 7.20. The Labute approximate surface area is 166 Å². The van der Waals surface area contributed by atoms with E-state index in [1.165, 1.54) is 24.1 Å². The Balaban J connectivity index is 0.00000264. The van der Waals surface area contributed by atoms with Crippen LogP contribution < -0.4 is 10.6 Å². The molecule has 0 radical (unpaired) electrons. The van der Waals surface area contributed by atoms with Crippen molar-refractivity contribution in [2.24, 2.45) is 10.9 Å². The Kier molecular flexibility index (Phi) is 10.6. The topological polar surface area (TPSA) is 36.4 Å². The van der Waals surface area contributed by atoms with Crippen LogP contribution in [0.4, 0.5) is 0 Å². The van der Waals surface area contributed by atoms with Gasteiger partial charge in [0.05, 0.1) is 0 Å². The number of hydrogen-bond acceptors (Lipinski definition) is 3. The van der Waals surface area contributed by atoms with E-state index < -0.39 is 0 Å². The lowest BCUT2D eigenvalue weighted by Gasteiger charge is -2.18. The van der Waals surface area contributed by atoms with Crippen molar-refractivity contribution < 1.29 is 0 Å². The number of rotatable bonds is 7. The number of nitrogens with zero attached hydrogens (tertiary/aromatic N) is 1. The number of hydrogen-bond donors (Lipinski definition) is 2. The number of halogens is 1. The molecule has 2 rings (SSSR count). The first-order valence-electron chi connectivity index (χ1n) is 8.31. The zero-order valence-electron chi connectivity index (χ0n) is 14.4. The fourth-order valence-electron chi connectivity index (χ4n) is 2.88. The Morgan fingerprint density at radius 2 is 2.30 bits per heavy atom. The van der Waals surface area contributed by atoms with Crippen LogP contribution in [0.25, 0.3) is 0 Å². The largest absolute Gasteiger partial charge is 0.357 e. The summed E-state index contributed by atoms with van der Waals surface area (Å²) < 4.78 is 0. The average Bonchev–Trinajstić information content (AvgIpc) is 3.16. The first kappa shape index (κ1) is 21.1. The molecule has 0 spiro atoms. The fourth-order valence-corrected chi connectivity index (χ4v) is 4.55. The van der Waals surface area contributed by atoms with Gasteiger partial charge in [-0.2, -0.15) is 11.8 Å². The molecule has 1 aliphatic carbocycles. The van der Waals surface area contributed by atoms with Crippen molar-refractivity contribution >= 4 is 53.0 Å². The first-order chi connectivity index (χ1) is 10.7. The molecular weight excluding hydrogens is 437 g/mol. The summed E-state index contributed by atoms with van der Waals surface area (Å²) in [4.78, 5) is 6.26. The third kappa shape index (κ3) is 7.65. The SMILES string of the molecule is CCNC(=NCC(C)Cc1cccs1)NC1CCC(SC)C1.I. The molecule has 2 N–H and O–H groups in total. The smallest absolute Gasteiger partial charge is 0.191 e. The second-order valence-electron chi connectivity index (χ2n) is 6.12. The summed E-state index contributed by atoms with van der Waals surface area (Å²) >= 11 is 3.84. The van der Waals surface area contributed by atoms with Crippen LogP contribution in [-0.4, -0.2) is 36.6 Å². The summed E-state index contributed by atoms with van der Waals surface area (Å²) in [6, 6.07) is 4.93. The maximum atomic E-state index is 4.80. The minimum Gasteiger partial charge on any atom is -0.357 e. The van der Waals surface area contributed by atoms with Gasteiger partial charge in [-0.25, -0.2) is 0 Å². The molecule has 0 amide bonds. The average molecular weight is 467 g/mol. The Morgan fingerprint density at radius 3 is 2.91 bits per heavy atom. The van der Waals surface area contributed by atoms with Crippen LogP contribution in [0.1, 0.15) is 38.0 Å². The highest BCUT2D eigenvalue weighted by Gasteiger charge is 2.24. The lowest BCUT2D eigenvalue weighted by molar-refractivity contribution is 0.581. The van der Waals surface area contributed by atoms with E-state index in [9.17, 15) is 0 Å². The molecule has 0 bridgehead atoms. The molecule has 3 nitrogen and oxygen atoms in total. The van der Waals surface area contributed by atoms with Crippen molar-refractivity contribution in [1.29, 1.82) is 0 Å². The normalized spacial score (nSPS) is 22.5. The second-order valence-corrected chi connectivity index (χ2v) is 8.29. The van der Waals surface area contributed by atoms with Crippen molar-refractivity contribution in [1.82, 2.24) is 10.6 Å². The third-order valence-electron chi connectivity index (χ3n) is 4.09. The van der Waals surface area contributed by atoms with Crippen molar-refractivity contribution in [2.75, 3.05) is 19.3 Å². The molecule has 6 heteroatoms. The predicted molar refractivity (Wildman–Crippen MR) is 117 cm³/mol. The van der Waals surface area contributed by atoms with Crippen LogP contribution in [0.3, 0.4) is 0 Å². The van der Waals surface area contributed by atoms with Crippen molar-refractivity contribution in [3.05, 3.63) is 22.4 Å². The van der Waals surface area contributed by atoms with Crippen LogP contribution in [-0.2, 0) is 6.42 Å². The zero-order valence-corrected chi connectivity index (χ0v) is 18.3. The highest BCUT2D eigenvalue weighted by molar-refractivity contribution is 14.0. The van der Waals surface area contributed by atoms with Gasteiger partial charge in [0, 0.05) is 29.3 Å². The minimum atomic E-state index is 0. The molecule has 0 aliphatic heterocycles. The summed E-state index contributed by atoms with van der Waals surface area (Å²) in [7, 11) is 0. The van der Waals surface area contributed by atoms with E-state index in [0.717, 1.165) is 30.7 Å². The maximum Gasteiger partial charge on any atom is 0.191 e. The standard InChI is InChI=1S/C17H29N3S2.HI/c1-4-18-17(20-14-7-8-15(11-14)21-3)19-12-13(2)10-16-6-5-9-22-16;/h5-6,9,13-15H,4,7-8,10-12H2,1-3H3,(H2,18,19,20);1H. The highest BCUT2D eigenvalue weighted by atomic mass is 127. The Hall–Kier alpha value is 0.0500. The van der Waals surface area contributed by atoms with Gasteiger partial charge in [0.1, 0.15) is 0 Å². The summed E-state index contributed by atoms with van der Waals surface area (Å²) in [6.45, 7) is 6.22. The van der Waals surface area contributed by atoms with Gasteiger partial charge in [-0.1, -0.05) is 13.0 Å². The van der Waals surface area contributed by atoms with Crippen LogP contribution in [0, 0.1) is 5.92 Å². The van der Waals surface area contributed by atoms with Crippen LogP contribution >= 0.6 is 47.1 Å². The lowest BCUT2D eigenvalue weighted by Crippen LogP contribution is -2.42. The van der Waals surface area contributed by atoms with Gasteiger partial charge in [0.15, 0.2) is 5.96 Å². The van der Waals surface area contributed by atoms with Crippen molar-refractivity contribution in [3.8, 4) is 0 Å². The number of thiophene rings is 1. The summed E-state index contributed by atoms with van der Waals surface area (Å²) in [5, 5.41) is 9.98. The quantitative estimate of drug-likeness (QED) is 0.355. The second kappa shape index (κ2) is 11.6. The van der Waals surface area contributed by atoms with E-state index in [-0.39, 0.29) is 24.0 Å². The molecule has 23 heavy (non-hydrogen) atoms. The van der Waals surface area contributed by atoms with E-state index in [1.807, 2.05) is 23.1 Å². The van der Waals surface area contributed by atoms with E-state index >= 15 is 0 Å². The summed E-state index contributed by atoms with van der Waals surface area (Å²) in [5.41, 5.74) is 0. The van der Waals surface area contributed by atoms with Gasteiger partial charge >= 0.3 is 0 Å². The molecule has 132 valence electrons. The summed E-state index contributed by atoms with van der Waals surface area (Å²) in [5.74, 6) is 1.57. The Morgan fingerprint density at radius 1 is 1.48 bits per heavy atom. The maximum absolute atomic E-state index is 4.80. The van der Waals surface area contributed by atoms with Crippen molar-refractivity contribution in [2.45, 2.75) is 50.8 Å². The predicted octanol–water partition coefficient (Wildman–Crippen LogP) is 4.38. The molecular formula is C17H30IN3S2. The molecule has 0 saturated heterocycles. The van der Waals surface area contributed by atoms with Crippen LogP contribution in [0.2, 0.25) is 0 Å². The number of nitrogens with one attached hydrogen (secondary N) is 2. The number of thioether (sulfide) groups is 1. The number of aliphatic imine (C=N–C) groups is 1. The minimum absolute atomic E-state index is 0. The molecule has 3 atom stereocenters. The molecule has 1 aromatic heterocycles. The molecule has 1 heterocycles. The van der Waals surface area contributed by atoms with Gasteiger partial charge in [-0.15, -0.1) is 35.3 Å². The van der Waals surface area contributed by atoms with Gasteiger partial charge in [-0.3, -0.25) is 4.99 Å². The molecule has 3 unspecified atom stereocenters. The van der Waals surface area contributed by atoms with Gasteiger partial charge < -0.3 is 10.6 Å². The molecule has 1 saturated carbocycles. The highest BCUT2D eigenvalue weighted by Crippen LogP contribution is 2.28. The van der Waals surface area contributed by atoms with Gasteiger partial charge in [-0.05, 0) is 56.2 Å².